The molecule has 0 saturated carbocycles. The molecule has 8 heteroatoms. The van der Waals surface area contributed by atoms with E-state index >= 15 is 0 Å². The van der Waals surface area contributed by atoms with Crippen LogP contribution in [-0.2, 0) is 11.4 Å². The van der Waals surface area contributed by atoms with Crippen LogP contribution in [0.3, 0.4) is 0 Å². The Morgan fingerprint density at radius 2 is 1.89 bits per heavy atom. The molecule has 0 unspecified atom stereocenters. The molecule has 1 N–H and O–H groups in total. The Morgan fingerprint density at radius 3 is 2.54 bits per heavy atom. The molecule has 3 amide bonds. The van der Waals surface area contributed by atoms with Gasteiger partial charge in [-0.15, -0.1) is 0 Å². The van der Waals surface area contributed by atoms with Crippen molar-refractivity contribution in [2.75, 3.05) is 13.7 Å². The van der Waals surface area contributed by atoms with E-state index in [1.54, 1.807) is 36.4 Å². The largest absolute Gasteiger partial charge is 0.490 e. The lowest BCUT2D eigenvalue weighted by atomic mass is 10.1. The number of amides is 3. The Balaban J connectivity index is 1.89. The molecule has 1 heterocycles. The topological polar surface area (TPSA) is 67.9 Å². The second kappa shape index (κ2) is 8.43. The van der Waals surface area contributed by atoms with Crippen molar-refractivity contribution in [2.45, 2.75) is 13.5 Å². The van der Waals surface area contributed by atoms with Crippen LogP contribution < -0.4 is 14.8 Å². The van der Waals surface area contributed by atoms with E-state index in [-0.39, 0.29) is 18.1 Å². The summed E-state index contributed by atoms with van der Waals surface area (Å²) < 4.78 is 25.8. The van der Waals surface area contributed by atoms with Crippen molar-refractivity contribution in [3.05, 3.63) is 63.5 Å². The van der Waals surface area contributed by atoms with Crippen LogP contribution in [0.25, 0.3) is 6.08 Å². The number of carbonyl (C=O) groups is 2. The summed E-state index contributed by atoms with van der Waals surface area (Å²) in [4.78, 5) is 24.7. The number of rotatable bonds is 6. The Morgan fingerprint density at radius 1 is 1.18 bits per heavy atom. The third kappa shape index (κ3) is 4.17. The molecule has 2 aromatic rings. The van der Waals surface area contributed by atoms with Crippen molar-refractivity contribution in [1.29, 1.82) is 0 Å². The third-order valence-electron chi connectivity index (χ3n) is 4.09. The predicted octanol–water partition coefficient (Wildman–Crippen LogP) is 4.09. The molecular formula is C20H18BrFN2O4. The van der Waals surface area contributed by atoms with Crippen molar-refractivity contribution in [2.24, 2.45) is 0 Å². The van der Waals surface area contributed by atoms with E-state index in [4.69, 9.17) is 9.47 Å². The van der Waals surface area contributed by atoms with Gasteiger partial charge in [-0.05, 0) is 36.8 Å². The first-order valence-corrected chi connectivity index (χ1v) is 9.33. The summed E-state index contributed by atoms with van der Waals surface area (Å²) in [5, 5.41) is 2.51. The maximum absolute atomic E-state index is 13.8. The monoisotopic (exact) mass is 448 g/mol. The summed E-state index contributed by atoms with van der Waals surface area (Å²) in [7, 11) is 1.40. The lowest BCUT2D eigenvalue weighted by molar-refractivity contribution is -0.121. The SMILES string of the molecule is CCOc1cc(/C=C2/NC(=O)N(C)C2=O)c(Br)cc1OCc1ccccc1F. The molecule has 1 fully saturated rings. The van der Waals surface area contributed by atoms with Crippen molar-refractivity contribution >= 4 is 33.9 Å². The van der Waals surface area contributed by atoms with Gasteiger partial charge in [0.05, 0.1) is 6.61 Å². The molecule has 0 aliphatic carbocycles. The van der Waals surface area contributed by atoms with Crippen LogP contribution in [0.5, 0.6) is 11.5 Å². The van der Waals surface area contributed by atoms with Crippen molar-refractivity contribution < 1.29 is 23.5 Å². The zero-order valence-corrected chi connectivity index (χ0v) is 16.9. The third-order valence-corrected chi connectivity index (χ3v) is 4.77. The van der Waals surface area contributed by atoms with Gasteiger partial charge >= 0.3 is 6.03 Å². The van der Waals surface area contributed by atoms with Crippen molar-refractivity contribution in [3.63, 3.8) is 0 Å². The number of nitrogens with zero attached hydrogens (tertiary/aromatic N) is 1. The highest BCUT2D eigenvalue weighted by molar-refractivity contribution is 9.10. The minimum atomic E-state index is -0.484. The lowest BCUT2D eigenvalue weighted by Crippen LogP contribution is -2.25. The molecule has 1 aliphatic rings. The Labute approximate surface area is 170 Å². The van der Waals surface area contributed by atoms with Gasteiger partial charge in [0.25, 0.3) is 5.91 Å². The number of imide groups is 1. The fourth-order valence-electron chi connectivity index (χ4n) is 2.59. The summed E-state index contributed by atoms with van der Waals surface area (Å²) in [6, 6.07) is 9.26. The number of nitrogens with one attached hydrogen (secondary N) is 1. The van der Waals surface area contributed by atoms with Gasteiger partial charge in [-0.1, -0.05) is 34.1 Å². The molecular weight excluding hydrogens is 431 g/mol. The van der Waals surface area contributed by atoms with E-state index in [9.17, 15) is 14.0 Å². The molecule has 6 nitrogen and oxygen atoms in total. The maximum Gasteiger partial charge on any atom is 0.328 e. The highest BCUT2D eigenvalue weighted by atomic mass is 79.9. The highest BCUT2D eigenvalue weighted by Crippen LogP contribution is 2.35. The Kier molecular flexibility index (Phi) is 5.99. The Hall–Kier alpha value is -2.87. The molecule has 28 heavy (non-hydrogen) atoms. The van der Waals surface area contributed by atoms with Gasteiger partial charge in [-0.25, -0.2) is 9.18 Å². The van der Waals surface area contributed by atoms with Gasteiger partial charge < -0.3 is 14.8 Å². The van der Waals surface area contributed by atoms with E-state index in [1.807, 2.05) is 6.92 Å². The molecule has 0 spiro atoms. The summed E-state index contributed by atoms with van der Waals surface area (Å²) in [6.07, 6.45) is 1.55. The fourth-order valence-corrected chi connectivity index (χ4v) is 3.03. The second-order valence-electron chi connectivity index (χ2n) is 5.99. The van der Waals surface area contributed by atoms with Crippen LogP contribution in [0.1, 0.15) is 18.1 Å². The van der Waals surface area contributed by atoms with Crippen LogP contribution in [0.4, 0.5) is 9.18 Å². The fraction of sp³-hybridized carbons (Fsp3) is 0.200. The summed E-state index contributed by atoms with van der Waals surface area (Å²) in [6.45, 7) is 2.27. The molecule has 0 aromatic heterocycles. The van der Waals surface area contributed by atoms with E-state index < -0.39 is 11.9 Å². The van der Waals surface area contributed by atoms with Gasteiger partial charge in [-0.2, -0.15) is 0 Å². The normalized spacial score (nSPS) is 15.1. The zero-order valence-electron chi connectivity index (χ0n) is 15.3. The average Bonchev–Trinajstić information content (AvgIpc) is 2.91. The van der Waals surface area contributed by atoms with Crippen LogP contribution in [0.15, 0.2) is 46.6 Å². The predicted molar refractivity (Wildman–Crippen MR) is 105 cm³/mol. The first-order chi connectivity index (χ1) is 13.4. The number of ether oxygens (including phenoxy) is 2. The maximum atomic E-state index is 13.8. The zero-order chi connectivity index (χ0) is 20.3. The molecule has 1 aliphatic heterocycles. The van der Waals surface area contributed by atoms with Gasteiger partial charge in [0.1, 0.15) is 18.1 Å². The van der Waals surface area contributed by atoms with Gasteiger partial charge in [0.2, 0.25) is 0 Å². The number of hydrogen-bond acceptors (Lipinski definition) is 4. The lowest BCUT2D eigenvalue weighted by Gasteiger charge is -2.14. The second-order valence-corrected chi connectivity index (χ2v) is 6.84. The van der Waals surface area contributed by atoms with Crippen LogP contribution in [0.2, 0.25) is 0 Å². The number of benzene rings is 2. The number of hydrogen-bond donors (Lipinski definition) is 1. The molecule has 0 radical (unpaired) electrons. The van der Waals surface area contributed by atoms with E-state index in [0.717, 1.165) is 4.90 Å². The molecule has 1 saturated heterocycles. The van der Waals surface area contributed by atoms with E-state index in [2.05, 4.69) is 21.2 Å². The number of halogens is 2. The molecule has 146 valence electrons. The number of likely N-dealkylation sites (N-methyl/N-ethyl adjacent to an activating group) is 1. The van der Waals surface area contributed by atoms with Gasteiger partial charge in [-0.3, -0.25) is 9.69 Å². The standard InChI is InChI=1S/C20H18BrFN2O4/c1-3-27-17-9-13(8-16-19(25)24(2)20(26)23-16)14(21)10-18(17)28-11-12-6-4-5-7-15(12)22/h4-10H,3,11H2,1-2H3,(H,23,26)/b16-8+. The van der Waals surface area contributed by atoms with E-state index in [0.29, 0.717) is 33.7 Å². The molecule has 0 atom stereocenters. The highest BCUT2D eigenvalue weighted by Gasteiger charge is 2.30. The van der Waals surface area contributed by atoms with Crippen molar-refractivity contribution in [1.82, 2.24) is 10.2 Å². The first kappa shape index (κ1) is 19.9. The smallest absolute Gasteiger partial charge is 0.328 e. The van der Waals surface area contributed by atoms with E-state index in [1.165, 1.54) is 13.1 Å². The van der Waals surface area contributed by atoms with Crippen LogP contribution in [-0.4, -0.2) is 30.5 Å². The summed E-state index contributed by atoms with van der Waals surface area (Å²) in [5.74, 6) is 0.104. The number of urea groups is 1. The Bertz CT molecular complexity index is 961. The minimum Gasteiger partial charge on any atom is -0.490 e. The van der Waals surface area contributed by atoms with Crippen LogP contribution >= 0.6 is 15.9 Å². The molecule has 2 aromatic carbocycles. The molecule has 0 bridgehead atoms. The first-order valence-electron chi connectivity index (χ1n) is 8.54. The van der Waals surface area contributed by atoms with Crippen LogP contribution in [0, 0.1) is 5.82 Å². The summed E-state index contributed by atoms with van der Waals surface area (Å²) >= 11 is 3.44. The summed E-state index contributed by atoms with van der Waals surface area (Å²) in [5.41, 5.74) is 1.21. The van der Waals surface area contributed by atoms with Gasteiger partial charge in [0, 0.05) is 17.1 Å². The molecule has 3 rings (SSSR count). The number of carbonyl (C=O) groups excluding carboxylic acids is 2. The van der Waals surface area contributed by atoms with Crippen molar-refractivity contribution in [3.8, 4) is 11.5 Å². The average molecular weight is 449 g/mol. The quantitative estimate of drug-likeness (QED) is 0.533. The van der Waals surface area contributed by atoms with Gasteiger partial charge in [0.15, 0.2) is 11.5 Å². The minimum absolute atomic E-state index is 0.0406.